The van der Waals surface area contributed by atoms with Gasteiger partial charge in [-0.2, -0.15) is 0 Å². The summed E-state index contributed by atoms with van der Waals surface area (Å²) in [6.45, 7) is 4.28. The van der Waals surface area contributed by atoms with E-state index < -0.39 is 0 Å². The van der Waals surface area contributed by atoms with Gasteiger partial charge in [-0.25, -0.2) is 4.39 Å². The van der Waals surface area contributed by atoms with Crippen LogP contribution in [0.1, 0.15) is 57.6 Å². The SMILES string of the molecule is CC(NC(C)C1CCCCC1)c1cc(Br)ccc1F. The van der Waals surface area contributed by atoms with Crippen LogP contribution in [0.25, 0.3) is 0 Å². The molecule has 0 aliphatic heterocycles. The summed E-state index contributed by atoms with van der Waals surface area (Å²) in [5.74, 6) is 0.616. The molecule has 0 saturated heterocycles. The molecule has 3 heteroatoms. The molecule has 1 aliphatic rings. The maximum Gasteiger partial charge on any atom is 0.128 e. The Kier molecular flexibility index (Phi) is 5.40. The second-order valence-electron chi connectivity index (χ2n) is 5.74. The molecule has 2 unspecified atom stereocenters. The van der Waals surface area contributed by atoms with E-state index in [9.17, 15) is 4.39 Å². The summed E-state index contributed by atoms with van der Waals surface area (Å²) < 4.78 is 14.8. The van der Waals surface area contributed by atoms with Crippen molar-refractivity contribution in [3.05, 3.63) is 34.1 Å². The summed E-state index contributed by atoms with van der Waals surface area (Å²) in [7, 11) is 0. The van der Waals surface area contributed by atoms with Crippen molar-refractivity contribution in [3.8, 4) is 0 Å². The van der Waals surface area contributed by atoms with E-state index >= 15 is 0 Å². The summed E-state index contributed by atoms with van der Waals surface area (Å²) in [6.07, 6.45) is 6.68. The monoisotopic (exact) mass is 327 g/mol. The van der Waals surface area contributed by atoms with Crippen LogP contribution in [0.4, 0.5) is 4.39 Å². The molecule has 2 rings (SSSR count). The highest BCUT2D eigenvalue weighted by molar-refractivity contribution is 9.10. The Bertz CT molecular complexity index is 415. The van der Waals surface area contributed by atoms with E-state index in [4.69, 9.17) is 0 Å². The Balaban J connectivity index is 1.99. The van der Waals surface area contributed by atoms with Crippen molar-refractivity contribution < 1.29 is 4.39 Å². The Morgan fingerprint density at radius 1 is 1.21 bits per heavy atom. The normalized spacial score (nSPS) is 20.2. The van der Waals surface area contributed by atoms with Gasteiger partial charge in [0, 0.05) is 22.1 Å². The third-order valence-corrected chi connectivity index (χ3v) is 4.79. The molecule has 0 bridgehead atoms. The number of benzene rings is 1. The highest BCUT2D eigenvalue weighted by Crippen LogP contribution is 2.28. The van der Waals surface area contributed by atoms with E-state index in [0.717, 1.165) is 16.0 Å². The summed E-state index contributed by atoms with van der Waals surface area (Å²) >= 11 is 3.41. The van der Waals surface area contributed by atoms with Gasteiger partial charge in [-0.15, -0.1) is 0 Å². The quantitative estimate of drug-likeness (QED) is 0.800. The van der Waals surface area contributed by atoms with Crippen molar-refractivity contribution in [2.45, 2.75) is 58.0 Å². The predicted octanol–water partition coefficient (Wildman–Crippen LogP) is 5.21. The van der Waals surface area contributed by atoms with Crippen LogP contribution in [0.5, 0.6) is 0 Å². The fourth-order valence-corrected chi connectivity index (χ4v) is 3.48. The van der Waals surface area contributed by atoms with Gasteiger partial charge < -0.3 is 5.32 Å². The lowest BCUT2D eigenvalue weighted by molar-refractivity contribution is 0.267. The fraction of sp³-hybridized carbons (Fsp3) is 0.625. The molecule has 0 heterocycles. The Morgan fingerprint density at radius 3 is 2.58 bits per heavy atom. The van der Waals surface area contributed by atoms with Gasteiger partial charge in [-0.1, -0.05) is 35.2 Å². The van der Waals surface area contributed by atoms with Crippen molar-refractivity contribution in [3.63, 3.8) is 0 Å². The van der Waals surface area contributed by atoms with Gasteiger partial charge in [0.2, 0.25) is 0 Å². The molecule has 2 atom stereocenters. The topological polar surface area (TPSA) is 12.0 Å². The van der Waals surface area contributed by atoms with E-state index in [1.165, 1.54) is 38.2 Å². The van der Waals surface area contributed by atoms with Crippen LogP contribution < -0.4 is 5.32 Å². The van der Waals surface area contributed by atoms with Gasteiger partial charge in [0.05, 0.1) is 0 Å². The summed E-state index contributed by atoms with van der Waals surface area (Å²) in [5, 5.41) is 3.57. The third-order valence-electron chi connectivity index (χ3n) is 4.29. The van der Waals surface area contributed by atoms with E-state index in [2.05, 4.69) is 28.2 Å². The summed E-state index contributed by atoms with van der Waals surface area (Å²) in [4.78, 5) is 0. The van der Waals surface area contributed by atoms with Crippen LogP contribution in [0, 0.1) is 11.7 Å². The van der Waals surface area contributed by atoms with E-state index in [1.807, 2.05) is 13.0 Å². The van der Waals surface area contributed by atoms with Crippen molar-refractivity contribution in [1.29, 1.82) is 0 Å². The number of halogens is 2. The molecule has 19 heavy (non-hydrogen) atoms. The molecular formula is C16H23BrFN. The molecule has 106 valence electrons. The number of hydrogen-bond donors (Lipinski definition) is 1. The minimum absolute atomic E-state index is 0.0504. The van der Waals surface area contributed by atoms with Crippen molar-refractivity contribution >= 4 is 15.9 Å². The molecule has 0 amide bonds. The predicted molar refractivity (Wildman–Crippen MR) is 81.7 cm³/mol. The van der Waals surface area contributed by atoms with E-state index in [0.29, 0.717) is 6.04 Å². The van der Waals surface area contributed by atoms with Gasteiger partial charge in [-0.05, 0) is 50.8 Å². The second-order valence-corrected chi connectivity index (χ2v) is 6.66. The largest absolute Gasteiger partial charge is 0.307 e. The molecule has 1 aromatic carbocycles. The average molecular weight is 328 g/mol. The van der Waals surface area contributed by atoms with Gasteiger partial charge in [0.15, 0.2) is 0 Å². The first kappa shape index (κ1) is 15.0. The van der Waals surface area contributed by atoms with Crippen LogP contribution in [0.3, 0.4) is 0 Å². The lowest BCUT2D eigenvalue weighted by Crippen LogP contribution is -2.36. The number of nitrogens with one attached hydrogen (secondary N) is 1. The Labute approximate surface area is 124 Å². The van der Waals surface area contributed by atoms with Crippen LogP contribution in [0.15, 0.2) is 22.7 Å². The molecule has 0 radical (unpaired) electrons. The van der Waals surface area contributed by atoms with E-state index in [1.54, 1.807) is 6.07 Å². The van der Waals surface area contributed by atoms with Gasteiger partial charge in [0.1, 0.15) is 5.82 Å². The number of hydrogen-bond acceptors (Lipinski definition) is 1. The third kappa shape index (κ3) is 4.03. The zero-order valence-electron chi connectivity index (χ0n) is 11.8. The Morgan fingerprint density at radius 2 is 1.89 bits per heavy atom. The smallest absolute Gasteiger partial charge is 0.128 e. The molecule has 1 fully saturated rings. The summed E-state index contributed by atoms with van der Waals surface area (Å²) in [6, 6.07) is 5.66. The molecule has 1 saturated carbocycles. The van der Waals surface area contributed by atoms with Gasteiger partial charge in [-0.3, -0.25) is 0 Å². The first-order valence-corrected chi connectivity index (χ1v) is 8.08. The van der Waals surface area contributed by atoms with Crippen molar-refractivity contribution in [2.75, 3.05) is 0 Å². The molecule has 0 spiro atoms. The van der Waals surface area contributed by atoms with Gasteiger partial charge in [0.25, 0.3) is 0 Å². The van der Waals surface area contributed by atoms with E-state index in [-0.39, 0.29) is 11.9 Å². The zero-order chi connectivity index (χ0) is 13.8. The summed E-state index contributed by atoms with van der Waals surface area (Å²) in [5.41, 5.74) is 0.747. The highest BCUT2D eigenvalue weighted by atomic mass is 79.9. The van der Waals surface area contributed by atoms with Crippen molar-refractivity contribution in [2.24, 2.45) is 5.92 Å². The first-order valence-electron chi connectivity index (χ1n) is 7.29. The maximum absolute atomic E-state index is 13.9. The van der Waals surface area contributed by atoms with Crippen LogP contribution in [-0.2, 0) is 0 Å². The minimum Gasteiger partial charge on any atom is -0.307 e. The molecule has 0 aromatic heterocycles. The van der Waals surface area contributed by atoms with Crippen molar-refractivity contribution in [1.82, 2.24) is 5.32 Å². The molecular weight excluding hydrogens is 305 g/mol. The van der Waals surface area contributed by atoms with Crippen LogP contribution in [0.2, 0.25) is 0 Å². The van der Waals surface area contributed by atoms with Crippen LogP contribution in [-0.4, -0.2) is 6.04 Å². The second kappa shape index (κ2) is 6.85. The molecule has 1 aromatic rings. The lowest BCUT2D eigenvalue weighted by atomic mass is 9.84. The minimum atomic E-state index is -0.126. The van der Waals surface area contributed by atoms with Crippen LogP contribution >= 0.6 is 15.9 Å². The molecule has 1 N–H and O–H groups in total. The van der Waals surface area contributed by atoms with Gasteiger partial charge >= 0.3 is 0 Å². The lowest BCUT2D eigenvalue weighted by Gasteiger charge is -2.31. The molecule has 1 aliphatic carbocycles. The standard InChI is InChI=1S/C16H23BrFN/c1-11(13-6-4-3-5-7-13)19-12(2)15-10-14(17)8-9-16(15)18/h8-13,19H,3-7H2,1-2H3. The highest BCUT2D eigenvalue weighted by Gasteiger charge is 2.22. The Hall–Kier alpha value is -0.410. The zero-order valence-corrected chi connectivity index (χ0v) is 13.3. The average Bonchev–Trinajstić information content (AvgIpc) is 2.42. The fourth-order valence-electron chi connectivity index (χ4n) is 3.10. The first-order chi connectivity index (χ1) is 9.08. The maximum atomic E-state index is 13.9. The molecule has 1 nitrogen and oxygen atoms in total. The number of rotatable bonds is 4.